The minimum absolute atomic E-state index is 0.00195. The van der Waals surface area contributed by atoms with E-state index in [1.165, 1.54) is 6.20 Å². The zero-order valence-electron chi connectivity index (χ0n) is 12.1. The fourth-order valence-electron chi connectivity index (χ4n) is 1.88. The van der Waals surface area contributed by atoms with Gasteiger partial charge in [0.2, 0.25) is 0 Å². The molecule has 1 heterocycles. The highest BCUT2D eigenvalue weighted by Gasteiger charge is 2.19. The lowest BCUT2D eigenvalue weighted by Crippen LogP contribution is -2.30. The van der Waals surface area contributed by atoms with Crippen molar-refractivity contribution < 1.29 is 14.6 Å². The molecule has 0 bridgehead atoms. The molecule has 0 amide bonds. The Kier molecular flexibility index (Phi) is 6.79. The van der Waals surface area contributed by atoms with Crippen molar-refractivity contribution in [2.45, 2.75) is 26.7 Å². The van der Waals surface area contributed by atoms with E-state index in [-0.39, 0.29) is 6.61 Å². The summed E-state index contributed by atoms with van der Waals surface area (Å²) in [5.74, 6) is 0.0712. The van der Waals surface area contributed by atoms with Crippen LogP contribution in [0, 0.1) is 0 Å². The Labute approximate surface area is 119 Å². The van der Waals surface area contributed by atoms with Crippen LogP contribution in [-0.2, 0) is 4.74 Å². The molecule has 0 aliphatic carbocycles. The molecule has 3 N–H and O–H groups in total. The van der Waals surface area contributed by atoms with Gasteiger partial charge in [0, 0.05) is 13.1 Å². The molecule has 0 atom stereocenters. The summed E-state index contributed by atoms with van der Waals surface area (Å²) in [5.41, 5.74) is 6.45. The van der Waals surface area contributed by atoms with E-state index in [0.29, 0.717) is 30.2 Å². The van der Waals surface area contributed by atoms with Crippen LogP contribution in [0.2, 0.25) is 0 Å². The van der Waals surface area contributed by atoms with E-state index < -0.39 is 5.97 Å². The van der Waals surface area contributed by atoms with Gasteiger partial charge in [0.05, 0.1) is 25.1 Å². The minimum atomic E-state index is -0.443. The third-order valence-electron chi connectivity index (χ3n) is 2.83. The molecule has 0 spiro atoms. The van der Waals surface area contributed by atoms with E-state index in [2.05, 4.69) is 11.9 Å². The van der Waals surface area contributed by atoms with Crippen molar-refractivity contribution in [3.05, 3.63) is 17.8 Å². The molecule has 0 saturated carbocycles. The molecule has 20 heavy (non-hydrogen) atoms. The van der Waals surface area contributed by atoms with Crippen LogP contribution in [0.1, 0.15) is 37.0 Å². The second kappa shape index (κ2) is 8.37. The maximum Gasteiger partial charge on any atom is 0.341 e. The number of nitrogens with two attached hydrogens (primary N) is 1. The van der Waals surface area contributed by atoms with Crippen molar-refractivity contribution in [3.8, 4) is 0 Å². The zero-order valence-corrected chi connectivity index (χ0v) is 12.1. The molecule has 1 rings (SSSR count). The molecule has 1 aromatic heterocycles. The average Bonchev–Trinajstić information content (AvgIpc) is 2.44. The average molecular weight is 281 g/mol. The fraction of sp³-hybridized carbons (Fsp3) is 0.571. The number of hydrogen-bond acceptors (Lipinski definition) is 6. The summed E-state index contributed by atoms with van der Waals surface area (Å²) in [7, 11) is 0. The van der Waals surface area contributed by atoms with E-state index in [0.717, 1.165) is 19.4 Å². The summed E-state index contributed by atoms with van der Waals surface area (Å²) >= 11 is 0. The second-order valence-corrected chi connectivity index (χ2v) is 4.42. The highest BCUT2D eigenvalue weighted by Crippen LogP contribution is 2.21. The molecule has 0 unspecified atom stereocenters. The number of carbonyl (C=O) groups is 1. The van der Waals surface area contributed by atoms with Gasteiger partial charge in [0.15, 0.2) is 0 Å². The first kappa shape index (κ1) is 16.2. The maximum atomic E-state index is 12.0. The molecule has 112 valence electrons. The maximum absolute atomic E-state index is 12.0. The third kappa shape index (κ3) is 4.38. The second-order valence-electron chi connectivity index (χ2n) is 4.42. The number of carbonyl (C=O) groups excluding carboxylic acids is 1. The van der Waals surface area contributed by atoms with Crippen LogP contribution >= 0.6 is 0 Å². The van der Waals surface area contributed by atoms with Gasteiger partial charge in [-0.25, -0.2) is 9.78 Å². The molecular weight excluding hydrogens is 258 g/mol. The first-order chi connectivity index (χ1) is 9.63. The Balaban J connectivity index is 3.08. The number of aliphatic hydroxyl groups excluding tert-OH is 1. The standard InChI is InChI=1S/C14H23N3O3/c1-3-5-6-17(7-8-18)13-12(14(19)20-4-2)9-11(15)10-16-13/h9-10,18H,3-8,15H2,1-2H3. The largest absolute Gasteiger partial charge is 0.462 e. The van der Waals surface area contributed by atoms with E-state index in [1.54, 1.807) is 13.0 Å². The lowest BCUT2D eigenvalue weighted by molar-refractivity contribution is 0.0526. The van der Waals surface area contributed by atoms with Crippen molar-refractivity contribution in [2.24, 2.45) is 0 Å². The van der Waals surface area contributed by atoms with Crippen LogP contribution in [0.25, 0.3) is 0 Å². The zero-order chi connectivity index (χ0) is 15.0. The minimum Gasteiger partial charge on any atom is -0.462 e. The van der Waals surface area contributed by atoms with Gasteiger partial charge >= 0.3 is 5.97 Å². The number of rotatable bonds is 8. The molecule has 0 aromatic carbocycles. The van der Waals surface area contributed by atoms with Crippen LogP contribution in [0.4, 0.5) is 11.5 Å². The van der Waals surface area contributed by atoms with Gasteiger partial charge in [-0.05, 0) is 19.4 Å². The number of pyridine rings is 1. The quantitative estimate of drug-likeness (QED) is 0.701. The molecule has 0 saturated heterocycles. The van der Waals surface area contributed by atoms with Crippen LogP contribution in [-0.4, -0.2) is 42.4 Å². The predicted molar refractivity (Wildman–Crippen MR) is 78.8 cm³/mol. The molecule has 0 aliphatic heterocycles. The van der Waals surface area contributed by atoms with Crippen molar-refractivity contribution in [1.29, 1.82) is 0 Å². The third-order valence-corrected chi connectivity index (χ3v) is 2.83. The number of esters is 1. The molecule has 6 nitrogen and oxygen atoms in total. The summed E-state index contributed by atoms with van der Waals surface area (Å²) in [5, 5.41) is 9.17. The Hall–Kier alpha value is -1.82. The number of unbranched alkanes of at least 4 members (excludes halogenated alkanes) is 1. The monoisotopic (exact) mass is 281 g/mol. The van der Waals surface area contributed by atoms with Crippen molar-refractivity contribution in [3.63, 3.8) is 0 Å². The molecule has 0 radical (unpaired) electrons. The van der Waals surface area contributed by atoms with Crippen molar-refractivity contribution in [2.75, 3.05) is 36.9 Å². The lowest BCUT2D eigenvalue weighted by atomic mass is 10.2. The number of hydrogen-bond donors (Lipinski definition) is 2. The topological polar surface area (TPSA) is 88.7 Å². The SMILES string of the molecule is CCCCN(CCO)c1ncc(N)cc1C(=O)OCC. The highest BCUT2D eigenvalue weighted by molar-refractivity contribution is 5.95. The number of aliphatic hydroxyl groups is 1. The smallest absolute Gasteiger partial charge is 0.341 e. The number of anilines is 2. The normalized spacial score (nSPS) is 10.3. The predicted octanol–water partition coefficient (Wildman–Crippen LogP) is 1.44. The van der Waals surface area contributed by atoms with Crippen LogP contribution in [0.5, 0.6) is 0 Å². The van der Waals surface area contributed by atoms with E-state index in [4.69, 9.17) is 10.5 Å². The Morgan fingerprint density at radius 1 is 1.45 bits per heavy atom. The Morgan fingerprint density at radius 2 is 2.20 bits per heavy atom. The first-order valence-corrected chi connectivity index (χ1v) is 6.92. The van der Waals surface area contributed by atoms with E-state index >= 15 is 0 Å². The number of nitrogen functional groups attached to an aromatic ring is 1. The number of nitrogens with zero attached hydrogens (tertiary/aromatic N) is 2. The number of ether oxygens (including phenoxy) is 1. The van der Waals surface area contributed by atoms with Gasteiger partial charge in [0.1, 0.15) is 11.4 Å². The highest BCUT2D eigenvalue weighted by atomic mass is 16.5. The lowest BCUT2D eigenvalue weighted by Gasteiger charge is -2.24. The van der Waals surface area contributed by atoms with Crippen molar-refractivity contribution in [1.82, 2.24) is 4.98 Å². The van der Waals surface area contributed by atoms with E-state index in [1.807, 2.05) is 4.90 Å². The fourth-order valence-corrected chi connectivity index (χ4v) is 1.88. The summed E-state index contributed by atoms with van der Waals surface area (Å²) in [6.07, 6.45) is 3.48. The van der Waals surface area contributed by atoms with Gasteiger partial charge in [0.25, 0.3) is 0 Å². The van der Waals surface area contributed by atoms with Crippen LogP contribution in [0.15, 0.2) is 12.3 Å². The van der Waals surface area contributed by atoms with E-state index in [9.17, 15) is 9.90 Å². The Morgan fingerprint density at radius 3 is 2.80 bits per heavy atom. The molecule has 0 aliphatic rings. The van der Waals surface area contributed by atoms with Gasteiger partial charge in [-0.1, -0.05) is 13.3 Å². The van der Waals surface area contributed by atoms with Gasteiger partial charge in [-0.15, -0.1) is 0 Å². The summed E-state index contributed by atoms with van der Waals surface area (Å²) < 4.78 is 5.03. The summed E-state index contributed by atoms with van der Waals surface area (Å²) in [6, 6.07) is 1.57. The van der Waals surface area contributed by atoms with Crippen LogP contribution < -0.4 is 10.6 Å². The summed E-state index contributed by atoms with van der Waals surface area (Å²) in [6.45, 7) is 5.27. The van der Waals surface area contributed by atoms with Gasteiger partial charge in [-0.3, -0.25) is 0 Å². The van der Waals surface area contributed by atoms with Gasteiger partial charge < -0.3 is 20.5 Å². The number of aromatic nitrogens is 1. The Bertz CT molecular complexity index is 438. The molecule has 1 aromatic rings. The molecular formula is C14H23N3O3. The van der Waals surface area contributed by atoms with Gasteiger partial charge in [-0.2, -0.15) is 0 Å². The summed E-state index contributed by atoms with van der Waals surface area (Å²) in [4.78, 5) is 18.1. The first-order valence-electron chi connectivity index (χ1n) is 6.92. The molecule has 6 heteroatoms. The van der Waals surface area contributed by atoms with Crippen LogP contribution in [0.3, 0.4) is 0 Å². The molecule has 0 fully saturated rings. The van der Waals surface area contributed by atoms with Crippen molar-refractivity contribution >= 4 is 17.5 Å².